The number of oxazole rings is 1. The fourth-order valence-corrected chi connectivity index (χ4v) is 5.53. The Balaban J connectivity index is 1.69. The van der Waals surface area contributed by atoms with Crippen LogP contribution in [-0.2, 0) is 4.79 Å². The van der Waals surface area contributed by atoms with Crippen LogP contribution in [0.1, 0.15) is 78.1 Å². The van der Waals surface area contributed by atoms with Crippen molar-refractivity contribution in [1.29, 1.82) is 0 Å². The molecular weight excluding hydrogens is 464 g/mol. The molecule has 4 heterocycles. The van der Waals surface area contributed by atoms with Gasteiger partial charge in [0, 0.05) is 11.1 Å². The molecule has 2 aliphatic rings. The summed E-state index contributed by atoms with van der Waals surface area (Å²) < 4.78 is 5.43. The Bertz CT molecular complexity index is 1100. The monoisotopic (exact) mass is 490 g/mol. The zero-order chi connectivity index (χ0) is 23.7. The number of fused-ring (bicyclic) bond motifs is 5. The molecule has 12 heteroatoms. The molecule has 4 rings (SSSR count). The highest BCUT2D eigenvalue weighted by molar-refractivity contribution is 8.14. The maximum atomic E-state index is 13.0. The van der Waals surface area contributed by atoms with E-state index in [1.165, 1.54) is 29.4 Å². The zero-order valence-corrected chi connectivity index (χ0v) is 20.4. The van der Waals surface area contributed by atoms with Gasteiger partial charge in [0.15, 0.2) is 5.69 Å². The van der Waals surface area contributed by atoms with Crippen LogP contribution in [0.3, 0.4) is 0 Å². The van der Waals surface area contributed by atoms with Crippen molar-refractivity contribution >= 4 is 45.9 Å². The van der Waals surface area contributed by atoms with E-state index in [0.29, 0.717) is 15.8 Å². The van der Waals surface area contributed by atoms with Gasteiger partial charge in [-0.15, -0.1) is 23.1 Å². The molecule has 3 N–H and O–H groups in total. The summed E-state index contributed by atoms with van der Waals surface area (Å²) in [5, 5.41) is 11.8. The van der Waals surface area contributed by atoms with Crippen molar-refractivity contribution in [2.24, 2.45) is 10.9 Å². The Morgan fingerprint density at radius 3 is 2.58 bits per heavy atom. The van der Waals surface area contributed by atoms with Gasteiger partial charge in [-0.1, -0.05) is 20.3 Å². The largest absolute Gasteiger partial charge is 0.446 e. The molecule has 0 saturated heterocycles. The highest BCUT2D eigenvalue weighted by Gasteiger charge is 2.32. The number of carbonyl (C=O) groups excluding carboxylic acids is 3. The number of thiazole rings is 1. The lowest BCUT2D eigenvalue weighted by Crippen LogP contribution is -2.39. The first-order chi connectivity index (χ1) is 15.8. The van der Waals surface area contributed by atoms with Crippen molar-refractivity contribution in [3.63, 3.8) is 0 Å². The first-order valence-corrected chi connectivity index (χ1v) is 12.7. The van der Waals surface area contributed by atoms with Crippen LogP contribution in [0, 0.1) is 5.92 Å². The highest BCUT2D eigenvalue weighted by Crippen LogP contribution is 2.29. The molecule has 0 unspecified atom stereocenters. The predicted octanol–water partition coefficient (Wildman–Crippen LogP) is 2.47. The zero-order valence-electron chi connectivity index (χ0n) is 18.7. The van der Waals surface area contributed by atoms with E-state index in [-0.39, 0.29) is 47.1 Å². The predicted molar refractivity (Wildman–Crippen MR) is 125 cm³/mol. The van der Waals surface area contributed by atoms with Gasteiger partial charge in [-0.05, 0) is 19.8 Å². The minimum absolute atomic E-state index is 0.101. The van der Waals surface area contributed by atoms with Crippen molar-refractivity contribution in [1.82, 2.24) is 25.9 Å². The number of amides is 3. The van der Waals surface area contributed by atoms with Crippen LogP contribution in [0.15, 0.2) is 21.1 Å². The van der Waals surface area contributed by atoms with Crippen LogP contribution in [0.2, 0.25) is 0 Å². The summed E-state index contributed by atoms with van der Waals surface area (Å²) in [6.45, 7) is 7.61. The summed E-state index contributed by atoms with van der Waals surface area (Å²) in [6.07, 6.45) is 2.08. The molecule has 3 amide bonds. The lowest BCUT2D eigenvalue weighted by atomic mass is 9.99. The molecule has 33 heavy (non-hydrogen) atoms. The Hall–Kier alpha value is -2.73. The van der Waals surface area contributed by atoms with Crippen molar-refractivity contribution in [2.75, 3.05) is 5.75 Å². The number of carbonyl (C=O) groups is 3. The Morgan fingerprint density at radius 2 is 1.82 bits per heavy atom. The van der Waals surface area contributed by atoms with Crippen LogP contribution < -0.4 is 16.0 Å². The van der Waals surface area contributed by atoms with E-state index in [1.54, 1.807) is 12.3 Å². The smallest absolute Gasteiger partial charge is 0.273 e. The van der Waals surface area contributed by atoms with Gasteiger partial charge in [-0.25, -0.2) is 9.97 Å². The quantitative estimate of drug-likeness (QED) is 0.588. The van der Waals surface area contributed by atoms with Crippen LogP contribution in [-0.4, -0.2) is 50.6 Å². The molecule has 2 aromatic heterocycles. The van der Waals surface area contributed by atoms with E-state index in [0.717, 1.165) is 6.42 Å². The average molecular weight is 491 g/mol. The molecular formula is C21H26N6O4S2. The van der Waals surface area contributed by atoms with Gasteiger partial charge >= 0.3 is 0 Å². The standard InChI is InChI=1S/C21H26N6O4S2/c1-5-9(2)15-21-26-13(8-33-21)17(29)22-10(3)19-24-12(6-31-19)16(28)23-11(4)20-25-14(7-32-20)18(30)27-15/h6,8-11,14-15H,5,7H2,1-4H3,(H,22,29)(H,23,28)(H,27,30)/t9-,10-,11-,14+,15-/m0/s1. The Labute approximate surface area is 199 Å². The maximum absolute atomic E-state index is 13.0. The third-order valence-corrected chi connectivity index (χ3v) is 7.86. The Morgan fingerprint density at radius 1 is 1.09 bits per heavy atom. The van der Waals surface area contributed by atoms with Crippen molar-refractivity contribution < 1.29 is 18.8 Å². The van der Waals surface area contributed by atoms with Gasteiger partial charge in [-0.2, -0.15) is 0 Å². The van der Waals surface area contributed by atoms with E-state index in [1.807, 2.05) is 20.8 Å². The summed E-state index contributed by atoms with van der Waals surface area (Å²) in [5.74, 6) is -0.185. The lowest BCUT2D eigenvalue weighted by molar-refractivity contribution is -0.122. The second-order valence-electron chi connectivity index (χ2n) is 8.20. The molecule has 0 aromatic carbocycles. The number of hydrogen-bond acceptors (Lipinski definition) is 9. The van der Waals surface area contributed by atoms with Gasteiger partial charge in [0.2, 0.25) is 11.8 Å². The molecule has 0 saturated carbocycles. The summed E-state index contributed by atoms with van der Waals surface area (Å²) in [5.41, 5.74) is 0.352. The van der Waals surface area contributed by atoms with Gasteiger partial charge in [0.25, 0.3) is 11.8 Å². The van der Waals surface area contributed by atoms with Gasteiger partial charge in [0.1, 0.15) is 29.0 Å². The molecule has 0 aliphatic carbocycles. The molecule has 5 atom stereocenters. The third kappa shape index (κ3) is 4.96. The lowest BCUT2D eigenvalue weighted by Gasteiger charge is -2.23. The molecule has 176 valence electrons. The molecule has 2 aromatic rings. The summed E-state index contributed by atoms with van der Waals surface area (Å²) in [6, 6.07) is -1.84. The first-order valence-electron chi connectivity index (χ1n) is 10.8. The number of aliphatic imine (C=N–C) groups is 1. The van der Waals surface area contributed by atoms with Gasteiger partial charge in [0.05, 0.1) is 17.1 Å². The second kappa shape index (κ2) is 9.64. The topological polar surface area (TPSA) is 139 Å². The maximum Gasteiger partial charge on any atom is 0.273 e. The number of rotatable bonds is 2. The average Bonchev–Trinajstić information content (AvgIpc) is 3.55. The van der Waals surface area contributed by atoms with Crippen molar-refractivity contribution in [2.45, 2.75) is 58.3 Å². The van der Waals surface area contributed by atoms with Crippen molar-refractivity contribution in [3.05, 3.63) is 33.9 Å². The summed E-state index contributed by atoms with van der Waals surface area (Å²) in [4.78, 5) is 51.7. The fourth-order valence-electron chi connectivity index (χ4n) is 3.49. The van der Waals surface area contributed by atoms with Crippen LogP contribution >= 0.6 is 23.1 Å². The first kappa shape index (κ1) is 23.4. The van der Waals surface area contributed by atoms with E-state index >= 15 is 0 Å². The van der Waals surface area contributed by atoms with E-state index in [4.69, 9.17) is 4.42 Å². The number of nitrogens with zero attached hydrogens (tertiary/aromatic N) is 3. The number of aromatic nitrogens is 2. The minimum atomic E-state index is -0.568. The second-order valence-corrected chi connectivity index (χ2v) is 10.1. The van der Waals surface area contributed by atoms with Crippen LogP contribution in [0.25, 0.3) is 0 Å². The van der Waals surface area contributed by atoms with Crippen molar-refractivity contribution in [3.8, 4) is 0 Å². The van der Waals surface area contributed by atoms with Gasteiger partial charge < -0.3 is 20.4 Å². The van der Waals surface area contributed by atoms with Crippen LogP contribution in [0.5, 0.6) is 0 Å². The number of hydrogen-bond donors (Lipinski definition) is 3. The highest BCUT2D eigenvalue weighted by atomic mass is 32.2. The molecule has 6 bridgehead atoms. The Kier molecular flexibility index (Phi) is 6.84. The number of thioether (sulfide) groups is 1. The minimum Gasteiger partial charge on any atom is -0.446 e. The fraction of sp³-hybridized carbons (Fsp3) is 0.524. The summed E-state index contributed by atoms with van der Waals surface area (Å²) in [7, 11) is 0. The number of nitrogens with one attached hydrogen (secondary N) is 3. The molecule has 0 fully saturated rings. The molecule has 0 spiro atoms. The summed E-state index contributed by atoms with van der Waals surface area (Å²) >= 11 is 2.78. The SMILES string of the molecule is CC[C@H](C)[C@@H]1NC(=O)[C@H]2CSC(=N2)[C@H](C)NC(=O)c2coc(n2)[C@H](C)NC(=O)c2csc1n2. The van der Waals surface area contributed by atoms with Crippen LogP contribution in [0.4, 0.5) is 0 Å². The van der Waals surface area contributed by atoms with Gasteiger partial charge in [-0.3, -0.25) is 19.4 Å². The molecule has 2 aliphatic heterocycles. The normalized spacial score (nSPS) is 27.0. The third-order valence-electron chi connectivity index (χ3n) is 5.70. The van der Waals surface area contributed by atoms with E-state index in [2.05, 4.69) is 30.9 Å². The molecule has 10 nitrogen and oxygen atoms in total. The van der Waals surface area contributed by atoms with E-state index in [9.17, 15) is 14.4 Å². The van der Waals surface area contributed by atoms with E-state index < -0.39 is 18.0 Å². The molecule has 0 radical (unpaired) electrons.